The Balaban J connectivity index is 1.52. The Labute approximate surface area is 263 Å². The zero-order chi connectivity index (χ0) is 30.5. The van der Waals surface area contributed by atoms with Gasteiger partial charge in [0.2, 0.25) is 0 Å². The van der Waals surface area contributed by atoms with E-state index in [1.54, 1.807) is 0 Å². The zero-order valence-electron chi connectivity index (χ0n) is 28.2. The third-order valence-electron chi connectivity index (χ3n) is 10.2. The molecule has 5 unspecified atom stereocenters. The molecular formula is C34H62N4O2SSi. The highest BCUT2D eigenvalue weighted by Crippen LogP contribution is 2.37. The molecule has 1 saturated carbocycles. The maximum atomic E-state index is 6.85. The van der Waals surface area contributed by atoms with E-state index in [1.165, 1.54) is 55.3 Å². The van der Waals surface area contributed by atoms with Gasteiger partial charge in [-0.05, 0) is 92.6 Å². The summed E-state index contributed by atoms with van der Waals surface area (Å²) in [6.45, 7) is 24.9. The smallest absolute Gasteiger partial charge is 0.191 e. The minimum absolute atomic E-state index is 0.00640. The molecule has 42 heavy (non-hydrogen) atoms. The van der Waals surface area contributed by atoms with Gasteiger partial charge in [-0.25, -0.2) is 4.72 Å². The van der Waals surface area contributed by atoms with Crippen LogP contribution >= 0.6 is 11.9 Å². The first kappa shape index (κ1) is 34.4. The highest BCUT2D eigenvalue weighted by molar-refractivity contribution is 7.98. The van der Waals surface area contributed by atoms with Crippen LogP contribution in [0.25, 0.3) is 0 Å². The van der Waals surface area contributed by atoms with Crippen LogP contribution in [0.5, 0.6) is 0 Å². The van der Waals surface area contributed by atoms with Crippen LogP contribution in [0.3, 0.4) is 0 Å². The van der Waals surface area contributed by atoms with E-state index in [4.69, 9.17) is 9.16 Å². The van der Waals surface area contributed by atoms with Crippen molar-refractivity contribution in [2.75, 3.05) is 26.3 Å². The van der Waals surface area contributed by atoms with Crippen molar-refractivity contribution in [2.24, 2.45) is 11.8 Å². The second kappa shape index (κ2) is 15.2. The van der Waals surface area contributed by atoms with E-state index < -0.39 is 8.32 Å². The molecule has 1 aliphatic carbocycles. The van der Waals surface area contributed by atoms with Crippen molar-refractivity contribution in [3.05, 3.63) is 34.9 Å². The lowest BCUT2D eigenvalue weighted by Crippen LogP contribution is -2.61. The first-order chi connectivity index (χ1) is 19.8. The number of nitrogens with zero attached hydrogens (tertiary/aromatic N) is 1. The predicted octanol–water partition coefficient (Wildman–Crippen LogP) is 7.49. The number of rotatable bonds is 8. The molecule has 2 aliphatic heterocycles. The summed E-state index contributed by atoms with van der Waals surface area (Å²) >= 11 is 1.95. The van der Waals surface area contributed by atoms with E-state index in [1.807, 2.05) is 11.9 Å². The number of nitrogens with one attached hydrogen (secondary N) is 3. The normalized spacial score (nSPS) is 30.4. The minimum atomic E-state index is -1.73. The predicted molar refractivity (Wildman–Crippen MR) is 182 cm³/mol. The lowest BCUT2D eigenvalue weighted by atomic mass is 9.87. The van der Waals surface area contributed by atoms with Gasteiger partial charge in [-0.3, -0.25) is 15.5 Å². The van der Waals surface area contributed by atoms with Gasteiger partial charge in [-0.1, -0.05) is 71.2 Å². The van der Waals surface area contributed by atoms with Crippen LogP contribution < -0.4 is 15.4 Å². The number of hydrogen-bond acceptors (Lipinski definition) is 7. The fourth-order valence-corrected chi connectivity index (χ4v) is 9.09. The van der Waals surface area contributed by atoms with Crippen LogP contribution in [0, 0.1) is 25.7 Å². The third-order valence-corrected chi connectivity index (χ3v) is 15.9. The summed E-state index contributed by atoms with van der Waals surface area (Å²) in [6.07, 6.45) is 8.49. The van der Waals surface area contributed by atoms with E-state index in [2.05, 4.69) is 100 Å². The van der Waals surface area contributed by atoms with Crippen molar-refractivity contribution in [1.29, 1.82) is 0 Å². The molecule has 1 aromatic carbocycles. The summed E-state index contributed by atoms with van der Waals surface area (Å²) < 4.78 is 17.3. The minimum Gasteiger partial charge on any atom is -0.417 e. The van der Waals surface area contributed by atoms with E-state index >= 15 is 0 Å². The van der Waals surface area contributed by atoms with Gasteiger partial charge < -0.3 is 9.16 Å². The van der Waals surface area contributed by atoms with Crippen molar-refractivity contribution in [3.63, 3.8) is 0 Å². The van der Waals surface area contributed by atoms with Crippen molar-refractivity contribution in [3.8, 4) is 0 Å². The summed E-state index contributed by atoms with van der Waals surface area (Å²) in [4.78, 5) is 2.81. The fraction of sp³-hybridized carbons (Fsp3) is 0.824. The number of benzene rings is 1. The van der Waals surface area contributed by atoms with E-state index in [0.29, 0.717) is 17.2 Å². The summed E-state index contributed by atoms with van der Waals surface area (Å²) in [5.41, 5.74) is 4.14. The van der Waals surface area contributed by atoms with Crippen LogP contribution in [0.2, 0.25) is 18.1 Å². The summed E-state index contributed by atoms with van der Waals surface area (Å²) in [6, 6.07) is 7.34. The molecule has 0 spiro atoms. The van der Waals surface area contributed by atoms with E-state index in [9.17, 15) is 0 Å². The second-order valence-electron chi connectivity index (χ2n) is 15.3. The quantitative estimate of drug-likeness (QED) is 0.159. The Morgan fingerprint density at radius 1 is 1.10 bits per heavy atom. The van der Waals surface area contributed by atoms with Crippen LogP contribution in [0.4, 0.5) is 0 Å². The number of fused-ring (bicyclic) bond motifs is 4. The molecule has 1 aromatic rings. The number of aryl methyl sites for hydroxylation is 2. The largest absolute Gasteiger partial charge is 0.417 e. The van der Waals surface area contributed by atoms with Crippen LogP contribution in [0.1, 0.15) is 102 Å². The lowest BCUT2D eigenvalue weighted by molar-refractivity contribution is -0.0473. The standard InChI is InChI=1S/C34H62N4O2SSi/c1-24(2)19-28-23-39-31-21-30(32-25(3)13-10-14-26(32)4)35-33(36-31)37-41-29-16-11-15-27(20-29)22-38(28)17-12-18-40-42(8,9)34(5,6)7/h10,13-14,24,27-31,33,35-37H,11-12,15-23H2,1-9H3/t27?,28-,29?,30?,31?,33?/m1/s1. The Kier molecular flexibility index (Phi) is 12.5. The van der Waals surface area contributed by atoms with Crippen molar-refractivity contribution in [2.45, 2.75) is 141 Å². The molecule has 8 heteroatoms. The zero-order valence-corrected chi connectivity index (χ0v) is 30.0. The molecule has 4 bridgehead atoms. The van der Waals surface area contributed by atoms with E-state index in [0.717, 1.165) is 38.5 Å². The molecule has 6 atom stereocenters. The summed E-state index contributed by atoms with van der Waals surface area (Å²) in [5, 5.41) is 8.57. The Hall–Kier alpha value is -0.453. The molecule has 0 radical (unpaired) electrons. The van der Waals surface area contributed by atoms with Crippen LogP contribution in [-0.4, -0.2) is 63.3 Å². The van der Waals surface area contributed by atoms with Gasteiger partial charge in [-0.2, -0.15) is 0 Å². The van der Waals surface area contributed by atoms with Crippen LogP contribution in [-0.2, 0) is 9.16 Å². The number of hydrogen-bond donors (Lipinski definition) is 3. The Bertz CT molecular complexity index is 967. The van der Waals surface area contributed by atoms with Crippen molar-refractivity contribution < 1.29 is 9.16 Å². The molecule has 2 heterocycles. The molecule has 3 fully saturated rings. The average Bonchev–Trinajstić information content (AvgIpc) is 2.91. The molecule has 240 valence electrons. The highest BCUT2D eigenvalue weighted by Gasteiger charge is 2.37. The maximum Gasteiger partial charge on any atom is 0.191 e. The van der Waals surface area contributed by atoms with Crippen molar-refractivity contribution in [1.82, 2.24) is 20.3 Å². The Morgan fingerprint density at radius 3 is 2.52 bits per heavy atom. The molecular weight excluding hydrogens is 557 g/mol. The summed E-state index contributed by atoms with van der Waals surface area (Å²) in [7, 11) is -1.73. The van der Waals surface area contributed by atoms with Gasteiger partial charge >= 0.3 is 0 Å². The molecule has 0 amide bonds. The van der Waals surface area contributed by atoms with Gasteiger partial charge in [0, 0.05) is 43.5 Å². The molecule has 6 nitrogen and oxygen atoms in total. The van der Waals surface area contributed by atoms with Gasteiger partial charge in [0.25, 0.3) is 0 Å². The first-order valence-corrected chi connectivity index (χ1v) is 20.6. The monoisotopic (exact) mass is 618 g/mol. The topological polar surface area (TPSA) is 57.8 Å². The second-order valence-corrected chi connectivity index (χ2v) is 21.3. The Morgan fingerprint density at radius 2 is 1.83 bits per heavy atom. The molecule has 3 N–H and O–H groups in total. The van der Waals surface area contributed by atoms with Gasteiger partial charge in [0.1, 0.15) is 12.5 Å². The maximum absolute atomic E-state index is 6.85. The molecule has 2 saturated heterocycles. The van der Waals surface area contributed by atoms with E-state index in [-0.39, 0.29) is 23.6 Å². The van der Waals surface area contributed by atoms with Crippen molar-refractivity contribution >= 4 is 20.3 Å². The molecule has 4 rings (SSSR count). The highest BCUT2D eigenvalue weighted by atomic mass is 32.2. The molecule has 3 aliphatic rings. The number of ether oxygens (including phenoxy) is 1. The van der Waals surface area contributed by atoms with Gasteiger partial charge in [0.15, 0.2) is 8.32 Å². The summed E-state index contributed by atoms with van der Waals surface area (Å²) in [5.74, 6) is 1.38. The molecule has 0 aromatic heterocycles. The average molecular weight is 619 g/mol. The van der Waals surface area contributed by atoms with Gasteiger partial charge in [0.05, 0.1) is 6.61 Å². The van der Waals surface area contributed by atoms with Gasteiger partial charge in [-0.15, -0.1) is 0 Å². The lowest BCUT2D eigenvalue weighted by Gasteiger charge is -2.40. The first-order valence-electron chi connectivity index (χ1n) is 16.8. The third kappa shape index (κ3) is 9.52. The van der Waals surface area contributed by atoms with Crippen LogP contribution in [0.15, 0.2) is 18.2 Å². The fourth-order valence-electron chi connectivity index (χ4n) is 6.89. The SMILES string of the molecule is Cc1cccc(C)c1C1CC2NC(NSC3CCCC(C3)CN(CCCO[Si](C)(C)C(C)(C)C)[C@H](CC(C)C)CO2)N1.